The second-order valence-corrected chi connectivity index (χ2v) is 3.19. The van der Waals surface area contributed by atoms with Crippen LogP contribution in [0.3, 0.4) is 0 Å². The average Bonchev–Trinajstić information content (AvgIpc) is 2.01. The van der Waals surface area contributed by atoms with Crippen molar-refractivity contribution in [1.29, 1.82) is 0 Å². The van der Waals surface area contributed by atoms with Gasteiger partial charge in [-0.15, -0.1) is 0 Å². The number of allylic oxidation sites excluding steroid dienone is 2. The lowest BCUT2D eigenvalue weighted by molar-refractivity contribution is -0.131. The number of carboxylic acid groups (broad SMARTS) is 1. The van der Waals surface area contributed by atoms with Crippen molar-refractivity contribution in [1.82, 2.24) is 0 Å². The molecule has 2 N–H and O–H groups in total. The van der Waals surface area contributed by atoms with Gasteiger partial charge >= 0.3 is 5.97 Å². The fraction of sp³-hybridized carbons (Fsp3) is 0.300. The summed E-state index contributed by atoms with van der Waals surface area (Å²) in [4.78, 5) is 10.2. The molecule has 0 spiro atoms. The van der Waals surface area contributed by atoms with Gasteiger partial charge in [-0.3, -0.25) is 0 Å². The first-order chi connectivity index (χ1) is 6.02. The van der Waals surface area contributed by atoms with Crippen molar-refractivity contribution < 1.29 is 15.0 Å². The van der Waals surface area contributed by atoms with Crippen molar-refractivity contribution in [2.75, 3.05) is 0 Å². The quantitative estimate of drug-likeness (QED) is 0.626. The first-order valence-corrected chi connectivity index (χ1v) is 4.02. The lowest BCUT2D eigenvalue weighted by Gasteiger charge is -2.27. The molecule has 0 aromatic carbocycles. The van der Waals surface area contributed by atoms with Crippen LogP contribution in [0.4, 0.5) is 0 Å². The molecule has 1 rings (SSSR count). The summed E-state index contributed by atoms with van der Waals surface area (Å²) in [5, 5.41) is 18.2. The first kappa shape index (κ1) is 9.74. The molecule has 2 atom stereocenters. The highest BCUT2D eigenvalue weighted by Gasteiger charge is 2.26. The van der Waals surface area contributed by atoms with E-state index in [1.165, 1.54) is 6.08 Å². The Hall–Kier alpha value is -1.35. The summed E-state index contributed by atoms with van der Waals surface area (Å²) in [6.45, 7) is 1.64. The third-order valence-electron chi connectivity index (χ3n) is 1.98. The molecule has 1 aliphatic carbocycles. The topological polar surface area (TPSA) is 57.5 Å². The molecule has 3 nitrogen and oxygen atoms in total. The van der Waals surface area contributed by atoms with Gasteiger partial charge in [-0.2, -0.15) is 0 Å². The molecule has 0 unspecified atom stereocenters. The molecule has 0 fully saturated rings. The van der Waals surface area contributed by atoms with E-state index in [1.807, 2.05) is 0 Å². The van der Waals surface area contributed by atoms with Gasteiger partial charge in [0.25, 0.3) is 0 Å². The summed E-state index contributed by atoms with van der Waals surface area (Å²) in [5.74, 6) is -1.27. The van der Waals surface area contributed by atoms with Gasteiger partial charge in [0.05, 0.1) is 5.60 Å². The Balaban J connectivity index is 2.75. The molecule has 3 heteroatoms. The van der Waals surface area contributed by atoms with Crippen molar-refractivity contribution in [3.05, 3.63) is 36.5 Å². The van der Waals surface area contributed by atoms with E-state index in [0.717, 1.165) is 6.08 Å². The molecule has 13 heavy (non-hydrogen) atoms. The standard InChI is InChI=1S/C10H12O3/c1-10(13)7-3-2-4-8(10)5-6-9(11)12/h2-8,13H,1H3,(H,11,12)/b6-5-/t8-,10-/m0/s1. The lowest BCUT2D eigenvalue weighted by atomic mass is 9.85. The van der Waals surface area contributed by atoms with Crippen molar-refractivity contribution in [2.45, 2.75) is 12.5 Å². The molecule has 0 aromatic rings. The molecular formula is C10H12O3. The van der Waals surface area contributed by atoms with Gasteiger partial charge in [0.1, 0.15) is 0 Å². The fourth-order valence-corrected chi connectivity index (χ4v) is 1.19. The average molecular weight is 180 g/mol. The number of hydrogen-bond acceptors (Lipinski definition) is 2. The zero-order valence-electron chi connectivity index (χ0n) is 7.34. The van der Waals surface area contributed by atoms with Gasteiger partial charge in [0.15, 0.2) is 0 Å². The van der Waals surface area contributed by atoms with Crippen LogP contribution in [-0.2, 0) is 4.79 Å². The minimum atomic E-state index is -1.00. The van der Waals surface area contributed by atoms with Crippen LogP contribution in [-0.4, -0.2) is 21.8 Å². The van der Waals surface area contributed by atoms with E-state index in [1.54, 1.807) is 31.2 Å². The summed E-state index contributed by atoms with van der Waals surface area (Å²) in [5.41, 5.74) is -0.985. The van der Waals surface area contributed by atoms with Gasteiger partial charge in [-0.05, 0) is 6.92 Å². The van der Waals surface area contributed by atoms with Crippen LogP contribution in [0.5, 0.6) is 0 Å². The van der Waals surface area contributed by atoms with Crippen molar-refractivity contribution >= 4 is 5.97 Å². The molecule has 0 aliphatic heterocycles. The van der Waals surface area contributed by atoms with Gasteiger partial charge in [-0.1, -0.05) is 30.4 Å². The summed E-state index contributed by atoms with van der Waals surface area (Å²) < 4.78 is 0. The molecule has 70 valence electrons. The van der Waals surface area contributed by atoms with Crippen LogP contribution in [0.1, 0.15) is 6.92 Å². The second-order valence-electron chi connectivity index (χ2n) is 3.19. The van der Waals surface area contributed by atoms with Gasteiger partial charge < -0.3 is 10.2 Å². The minimum Gasteiger partial charge on any atom is -0.478 e. The van der Waals surface area contributed by atoms with Crippen molar-refractivity contribution in [3.63, 3.8) is 0 Å². The van der Waals surface area contributed by atoms with E-state index in [0.29, 0.717) is 0 Å². The van der Waals surface area contributed by atoms with E-state index in [9.17, 15) is 9.90 Å². The Bertz CT molecular complexity index is 285. The predicted octanol–water partition coefficient (Wildman–Crippen LogP) is 1.12. The molecule has 0 saturated heterocycles. The van der Waals surface area contributed by atoms with E-state index < -0.39 is 11.6 Å². The Labute approximate surface area is 76.7 Å². The maximum absolute atomic E-state index is 10.2. The second kappa shape index (κ2) is 3.58. The Kier molecular flexibility index (Phi) is 2.68. The van der Waals surface area contributed by atoms with Crippen LogP contribution in [0.15, 0.2) is 36.5 Å². The summed E-state index contributed by atoms with van der Waals surface area (Å²) in [6, 6.07) is 0. The van der Waals surface area contributed by atoms with E-state index >= 15 is 0 Å². The lowest BCUT2D eigenvalue weighted by Crippen LogP contribution is -2.31. The monoisotopic (exact) mass is 180 g/mol. The Morgan fingerprint density at radius 2 is 2.23 bits per heavy atom. The highest BCUT2D eigenvalue weighted by Crippen LogP contribution is 2.24. The largest absolute Gasteiger partial charge is 0.478 e. The van der Waals surface area contributed by atoms with Crippen LogP contribution in [0.25, 0.3) is 0 Å². The first-order valence-electron chi connectivity index (χ1n) is 4.02. The van der Waals surface area contributed by atoms with Crippen molar-refractivity contribution in [3.8, 4) is 0 Å². The Morgan fingerprint density at radius 1 is 1.54 bits per heavy atom. The molecule has 1 aliphatic rings. The van der Waals surface area contributed by atoms with Gasteiger partial charge in [-0.25, -0.2) is 4.79 Å². The summed E-state index contributed by atoms with van der Waals surface area (Å²) in [7, 11) is 0. The predicted molar refractivity (Wildman–Crippen MR) is 49.2 cm³/mol. The van der Waals surface area contributed by atoms with Crippen LogP contribution in [0, 0.1) is 5.92 Å². The SMILES string of the molecule is C[C@]1(O)C=CC=C[C@H]1/C=C\C(=O)O. The smallest absolute Gasteiger partial charge is 0.327 e. The number of aliphatic hydroxyl groups is 1. The number of rotatable bonds is 2. The van der Waals surface area contributed by atoms with Crippen LogP contribution < -0.4 is 0 Å². The van der Waals surface area contributed by atoms with Crippen molar-refractivity contribution in [2.24, 2.45) is 5.92 Å². The molecule has 0 heterocycles. The zero-order valence-corrected chi connectivity index (χ0v) is 7.34. The number of aliphatic carboxylic acids is 1. The number of hydrogen-bond donors (Lipinski definition) is 2. The fourth-order valence-electron chi connectivity index (χ4n) is 1.19. The third kappa shape index (κ3) is 2.56. The summed E-state index contributed by atoms with van der Waals surface area (Å²) >= 11 is 0. The summed E-state index contributed by atoms with van der Waals surface area (Å²) in [6.07, 6.45) is 9.45. The molecule has 0 aromatic heterocycles. The third-order valence-corrected chi connectivity index (χ3v) is 1.98. The number of carbonyl (C=O) groups is 1. The van der Waals surface area contributed by atoms with Gasteiger partial charge in [0, 0.05) is 12.0 Å². The minimum absolute atomic E-state index is 0.270. The zero-order chi connectivity index (χ0) is 9.90. The molecule has 0 radical (unpaired) electrons. The number of carboxylic acids is 1. The normalized spacial score (nSPS) is 32.6. The molecule has 0 saturated carbocycles. The van der Waals surface area contributed by atoms with Crippen LogP contribution >= 0.6 is 0 Å². The molecule has 0 bridgehead atoms. The van der Waals surface area contributed by atoms with Crippen LogP contribution in [0.2, 0.25) is 0 Å². The van der Waals surface area contributed by atoms with E-state index in [2.05, 4.69) is 0 Å². The maximum Gasteiger partial charge on any atom is 0.327 e. The van der Waals surface area contributed by atoms with Gasteiger partial charge in [0.2, 0.25) is 0 Å². The highest BCUT2D eigenvalue weighted by molar-refractivity contribution is 5.79. The van der Waals surface area contributed by atoms with E-state index in [4.69, 9.17) is 5.11 Å². The highest BCUT2D eigenvalue weighted by atomic mass is 16.4. The Morgan fingerprint density at radius 3 is 2.77 bits per heavy atom. The maximum atomic E-state index is 10.2. The molecular weight excluding hydrogens is 168 g/mol. The van der Waals surface area contributed by atoms with E-state index in [-0.39, 0.29) is 5.92 Å². The molecule has 0 amide bonds.